The third-order valence-corrected chi connectivity index (χ3v) is 2.24. The zero-order valence-electron chi connectivity index (χ0n) is 9.21. The van der Waals surface area contributed by atoms with Crippen molar-refractivity contribution in [2.45, 2.75) is 6.54 Å². The van der Waals surface area contributed by atoms with E-state index in [2.05, 4.69) is 4.98 Å². The van der Waals surface area contributed by atoms with E-state index in [1.165, 1.54) is 0 Å². The Morgan fingerprint density at radius 2 is 2.25 bits per heavy atom. The van der Waals surface area contributed by atoms with E-state index in [4.69, 9.17) is 5.11 Å². The Morgan fingerprint density at radius 1 is 1.50 bits per heavy atom. The largest absolute Gasteiger partial charge is 0.477 e. The molecule has 0 atom stereocenters. The molecule has 0 aliphatic rings. The van der Waals surface area contributed by atoms with Gasteiger partial charge in [-0.25, -0.2) is 9.78 Å². The monoisotopic (exact) mass is 219 g/mol. The van der Waals surface area contributed by atoms with Gasteiger partial charge >= 0.3 is 5.97 Å². The van der Waals surface area contributed by atoms with Gasteiger partial charge in [-0.15, -0.1) is 0 Å². The number of fused-ring (bicyclic) bond motifs is 1. The zero-order chi connectivity index (χ0) is 11.7. The highest BCUT2D eigenvalue weighted by Gasteiger charge is 2.10. The number of hydrogen-bond acceptors (Lipinski definition) is 3. The van der Waals surface area contributed by atoms with Crippen molar-refractivity contribution in [3.05, 3.63) is 35.8 Å². The van der Waals surface area contributed by atoms with Crippen molar-refractivity contribution in [2.75, 3.05) is 14.1 Å². The standard InChI is InChI=1S/C11H13N3O2/c1-13(2)6-8-7-14-9(11(15)16)4-3-5-10(14)12-8/h3-5,7H,6H2,1-2H3,(H,15,16). The summed E-state index contributed by atoms with van der Waals surface area (Å²) >= 11 is 0. The van der Waals surface area contributed by atoms with Gasteiger partial charge in [-0.3, -0.25) is 4.40 Å². The summed E-state index contributed by atoms with van der Waals surface area (Å²) in [4.78, 5) is 17.3. The third-order valence-electron chi connectivity index (χ3n) is 2.24. The highest BCUT2D eigenvalue weighted by atomic mass is 16.4. The quantitative estimate of drug-likeness (QED) is 0.839. The first kappa shape index (κ1) is 10.6. The lowest BCUT2D eigenvalue weighted by Gasteiger charge is -2.04. The van der Waals surface area contributed by atoms with Gasteiger partial charge in [0.2, 0.25) is 0 Å². The van der Waals surface area contributed by atoms with Gasteiger partial charge in [-0.2, -0.15) is 0 Å². The molecule has 0 aromatic carbocycles. The molecule has 2 heterocycles. The Bertz CT molecular complexity index is 531. The molecule has 2 rings (SSSR count). The van der Waals surface area contributed by atoms with Gasteiger partial charge in [-0.05, 0) is 26.2 Å². The number of imidazole rings is 1. The van der Waals surface area contributed by atoms with E-state index in [9.17, 15) is 4.79 Å². The molecule has 0 aliphatic heterocycles. The summed E-state index contributed by atoms with van der Waals surface area (Å²) in [7, 11) is 3.89. The fourth-order valence-corrected chi connectivity index (χ4v) is 1.64. The van der Waals surface area contributed by atoms with E-state index in [1.807, 2.05) is 19.0 Å². The number of pyridine rings is 1. The van der Waals surface area contributed by atoms with Crippen molar-refractivity contribution in [1.82, 2.24) is 14.3 Å². The number of carboxylic acid groups (broad SMARTS) is 1. The van der Waals surface area contributed by atoms with Crippen LogP contribution in [0.2, 0.25) is 0 Å². The first-order valence-electron chi connectivity index (χ1n) is 4.93. The molecule has 0 aliphatic carbocycles. The Kier molecular flexibility index (Phi) is 2.62. The van der Waals surface area contributed by atoms with Gasteiger partial charge < -0.3 is 10.0 Å². The van der Waals surface area contributed by atoms with Crippen molar-refractivity contribution in [2.24, 2.45) is 0 Å². The molecular weight excluding hydrogens is 206 g/mol. The second-order valence-electron chi connectivity index (χ2n) is 3.91. The molecular formula is C11H13N3O2. The second kappa shape index (κ2) is 3.94. The smallest absolute Gasteiger partial charge is 0.352 e. The van der Waals surface area contributed by atoms with Crippen molar-refractivity contribution in [1.29, 1.82) is 0 Å². The fraction of sp³-hybridized carbons (Fsp3) is 0.273. The number of carbonyl (C=O) groups is 1. The Balaban J connectivity index is 2.52. The molecule has 0 bridgehead atoms. The summed E-state index contributed by atoms with van der Waals surface area (Å²) in [6.07, 6.45) is 1.76. The van der Waals surface area contributed by atoms with Gasteiger partial charge in [-0.1, -0.05) is 6.07 Å². The summed E-state index contributed by atoms with van der Waals surface area (Å²) in [5.41, 5.74) is 1.76. The summed E-state index contributed by atoms with van der Waals surface area (Å²) in [5.74, 6) is -0.945. The van der Waals surface area contributed by atoms with Crippen LogP contribution in [0.25, 0.3) is 5.65 Å². The average molecular weight is 219 g/mol. The number of aromatic nitrogens is 2. The molecule has 0 spiro atoms. The van der Waals surface area contributed by atoms with Gasteiger partial charge in [0.15, 0.2) is 0 Å². The third kappa shape index (κ3) is 1.90. The normalized spacial score (nSPS) is 11.2. The molecule has 16 heavy (non-hydrogen) atoms. The number of nitrogens with zero attached hydrogens (tertiary/aromatic N) is 3. The van der Waals surface area contributed by atoms with Crippen LogP contribution in [0, 0.1) is 0 Å². The second-order valence-corrected chi connectivity index (χ2v) is 3.91. The number of hydrogen-bond donors (Lipinski definition) is 1. The molecule has 84 valence electrons. The van der Waals surface area contributed by atoms with Crippen LogP contribution in [0.3, 0.4) is 0 Å². The molecule has 5 nitrogen and oxygen atoms in total. The van der Waals surface area contributed by atoms with Gasteiger partial charge in [0.25, 0.3) is 0 Å². The number of carboxylic acids is 1. The minimum atomic E-state index is -0.945. The van der Waals surface area contributed by atoms with Crippen molar-refractivity contribution >= 4 is 11.6 Å². The predicted molar refractivity (Wildman–Crippen MR) is 59.5 cm³/mol. The summed E-state index contributed by atoms with van der Waals surface area (Å²) in [6.45, 7) is 0.695. The maximum atomic E-state index is 11.0. The van der Waals surface area contributed by atoms with E-state index in [1.54, 1.807) is 28.8 Å². The number of rotatable bonds is 3. The Morgan fingerprint density at radius 3 is 2.88 bits per heavy atom. The molecule has 0 amide bonds. The molecule has 0 fully saturated rings. The molecule has 5 heteroatoms. The highest BCUT2D eigenvalue weighted by molar-refractivity contribution is 5.86. The SMILES string of the molecule is CN(C)Cc1cn2c(C(=O)O)cccc2n1. The van der Waals surface area contributed by atoms with Crippen LogP contribution in [0.4, 0.5) is 0 Å². The minimum absolute atomic E-state index is 0.231. The van der Waals surface area contributed by atoms with Crippen LogP contribution in [0.5, 0.6) is 0 Å². The maximum Gasteiger partial charge on any atom is 0.352 e. The van der Waals surface area contributed by atoms with Crippen LogP contribution < -0.4 is 0 Å². The first-order valence-corrected chi connectivity index (χ1v) is 4.93. The van der Waals surface area contributed by atoms with Crippen LogP contribution in [-0.4, -0.2) is 39.5 Å². The van der Waals surface area contributed by atoms with Gasteiger partial charge in [0.1, 0.15) is 11.3 Å². The molecule has 2 aromatic heterocycles. The summed E-state index contributed by atoms with van der Waals surface area (Å²) < 4.78 is 1.60. The molecule has 0 saturated carbocycles. The highest BCUT2D eigenvalue weighted by Crippen LogP contribution is 2.10. The molecule has 0 saturated heterocycles. The van der Waals surface area contributed by atoms with Crippen molar-refractivity contribution in [3.63, 3.8) is 0 Å². The van der Waals surface area contributed by atoms with E-state index < -0.39 is 5.97 Å². The lowest BCUT2D eigenvalue weighted by Crippen LogP contribution is -2.10. The van der Waals surface area contributed by atoms with Crippen LogP contribution in [0.1, 0.15) is 16.2 Å². The van der Waals surface area contributed by atoms with E-state index >= 15 is 0 Å². The maximum absolute atomic E-state index is 11.0. The number of aromatic carboxylic acids is 1. The minimum Gasteiger partial charge on any atom is -0.477 e. The lowest BCUT2D eigenvalue weighted by molar-refractivity contribution is 0.0689. The van der Waals surface area contributed by atoms with E-state index in [0.717, 1.165) is 5.69 Å². The zero-order valence-corrected chi connectivity index (χ0v) is 9.21. The van der Waals surface area contributed by atoms with Crippen molar-refractivity contribution in [3.8, 4) is 0 Å². The van der Waals surface area contributed by atoms with Crippen LogP contribution >= 0.6 is 0 Å². The van der Waals surface area contributed by atoms with Gasteiger partial charge in [0.05, 0.1) is 5.69 Å². The topological polar surface area (TPSA) is 57.8 Å². The van der Waals surface area contributed by atoms with Crippen LogP contribution in [-0.2, 0) is 6.54 Å². The van der Waals surface area contributed by atoms with Gasteiger partial charge in [0, 0.05) is 12.7 Å². The Hall–Kier alpha value is -1.88. The average Bonchev–Trinajstić information content (AvgIpc) is 2.57. The Labute approximate surface area is 92.9 Å². The van der Waals surface area contributed by atoms with Crippen LogP contribution in [0.15, 0.2) is 24.4 Å². The predicted octanol–water partition coefficient (Wildman–Crippen LogP) is 1.09. The van der Waals surface area contributed by atoms with E-state index in [0.29, 0.717) is 12.2 Å². The molecule has 0 unspecified atom stereocenters. The molecule has 1 N–H and O–H groups in total. The fourth-order valence-electron chi connectivity index (χ4n) is 1.64. The summed E-state index contributed by atoms with van der Waals surface area (Å²) in [6, 6.07) is 5.06. The molecule has 2 aromatic rings. The van der Waals surface area contributed by atoms with E-state index in [-0.39, 0.29) is 5.69 Å². The first-order chi connectivity index (χ1) is 7.58. The lowest BCUT2D eigenvalue weighted by atomic mass is 10.3. The van der Waals surface area contributed by atoms with Crippen molar-refractivity contribution < 1.29 is 9.90 Å². The molecule has 0 radical (unpaired) electrons. The summed E-state index contributed by atoms with van der Waals surface area (Å²) in [5, 5.41) is 9.01.